The fourth-order valence-corrected chi connectivity index (χ4v) is 7.45. The number of rotatable bonds is 20. The van der Waals surface area contributed by atoms with Crippen LogP contribution in [0.4, 0.5) is 0 Å². The highest BCUT2D eigenvalue weighted by Gasteiger charge is 2.25. The molecule has 4 rings (SSSR count). The van der Waals surface area contributed by atoms with Crippen LogP contribution < -0.4 is 18.9 Å². The Morgan fingerprint density at radius 3 is 0.811 bits per heavy atom. The van der Waals surface area contributed by atoms with Gasteiger partial charge in [-0.15, -0.1) is 0 Å². The van der Waals surface area contributed by atoms with Crippen molar-refractivity contribution in [3.8, 4) is 23.0 Å². The molecule has 280 valence electrons. The summed E-state index contributed by atoms with van der Waals surface area (Å²) < 4.78 is 24.2. The maximum absolute atomic E-state index is 6.05. The first-order valence-electron chi connectivity index (χ1n) is 18.8. The largest absolute Gasteiger partial charge is 0.489 e. The molecule has 0 unspecified atom stereocenters. The SMILES string of the molecule is C=CCOc1cc(C)c(C(CCCC(c2cc(C)c(OCC=C)cc2C)c2cc(C)c(OCC=C)cc2C)c2cc(C)c(OCC=C)cc2C)cc1C. The molecule has 53 heavy (non-hydrogen) atoms. The van der Waals surface area contributed by atoms with E-state index in [2.05, 4.69) is 130 Å². The number of benzene rings is 4. The molecule has 0 N–H and O–H groups in total. The average molecular weight is 713 g/mol. The molecular formula is C49H60O4. The van der Waals surface area contributed by atoms with E-state index in [0.717, 1.165) is 64.5 Å². The number of hydrogen-bond donors (Lipinski definition) is 0. The monoisotopic (exact) mass is 712 g/mol. The molecule has 0 saturated heterocycles. The second kappa shape index (κ2) is 19.2. The zero-order valence-corrected chi connectivity index (χ0v) is 33.5. The van der Waals surface area contributed by atoms with Gasteiger partial charge in [0, 0.05) is 11.8 Å². The number of aryl methyl sites for hydroxylation is 8. The van der Waals surface area contributed by atoms with Gasteiger partial charge < -0.3 is 18.9 Å². The van der Waals surface area contributed by atoms with Crippen LogP contribution in [0, 0.1) is 55.4 Å². The first kappa shape index (κ1) is 40.8. The highest BCUT2D eigenvalue weighted by atomic mass is 16.5. The first-order chi connectivity index (χ1) is 25.4. The molecule has 4 heteroatoms. The standard InChI is InChI=1S/C49H60O4/c1-13-20-50-46-28-32(5)42(24-36(46)9)40(43-25-37(10)47(29-33(43)6)51-21-14-2)18-17-19-41(44-26-38(11)48(30-34(44)7)52-22-15-3)45-27-39(12)49(31-35(45)8)53-23-16-4/h13-16,24-31,40-41H,1-4,17-23H2,5-12H3. The van der Waals surface area contributed by atoms with Gasteiger partial charge in [-0.05, 0) is 159 Å². The van der Waals surface area contributed by atoms with E-state index in [1.165, 1.54) is 44.5 Å². The predicted octanol–water partition coefficient (Wildman–Crippen LogP) is 12.5. The van der Waals surface area contributed by atoms with Crippen molar-refractivity contribution in [2.75, 3.05) is 26.4 Å². The molecule has 0 aliphatic heterocycles. The lowest BCUT2D eigenvalue weighted by Gasteiger charge is -2.27. The molecule has 4 aromatic rings. The molecule has 0 fully saturated rings. The smallest absolute Gasteiger partial charge is 0.122 e. The molecule has 4 aromatic carbocycles. The minimum Gasteiger partial charge on any atom is -0.489 e. The van der Waals surface area contributed by atoms with Gasteiger partial charge in [0.05, 0.1) is 0 Å². The van der Waals surface area contributed by atoms with Gasteiger partial charge in [0.25, 0.3) is 0 Å². The van der Waals surface area contributed by atoms with Crippen LogP contribution in [0.5, 0.6) is 23.0 Å². The summed E-state index contributed by atoms with van der Waals surface area (Å²) in [6.45, 7) is 34.7. The van der Waals surface area contributed by atoms with E-state index in [1.807, 2.05) is 0 Å². The first-order valence-corrected chi connectivity index (χ1v) is 18.8. The fraction of sp³-hybridized carbons (Fsp3) is 0.347. The summed E-state index contributed by atoms with van der Waals surface area (Å²) in [5.41, 5.74) is 14.8. The summed E-state index contributed by atoms with van der Waals surface area (Å²) in [5.74, 6) is 4.00. The topological polar surface area (TPSA) is 36.9 Å². The lowest BCUT2D eigenvalue weighted by molar-refractivity contribution is 0.360. The third kappa shape index (κ3) is 10.1. The maximum atomic E-state index is 6.05. The Morgan fingerprint density at radius 2 is 0.604 bits per heavy atom. The molecule has 0 bridgehead atoms. The minimum absolute atomic E-state index is 0.185. The van der Waals surface area contributed by atoms with Gasteiger partial charge >= 0.3 is 0 Å². The zero-order chi connectivity index (χ0) is 38.7. The number of ether oxygens (including phenoxy) is 4. The molecular weight excluding hydrogens is 653 g/mol. The van der Waals surface area contributed by atoms with Gasteiger partial charge in [0.15, 0.2) is 0 Å². The quantitative estimate of drug-likeness (QED) is 0.0855. The molecule has 0 heterocycles. The second-order valence-corrected chi connectivity index (χ2v) is 14.3. The van der Waals surface area contributed by atoms with Crippen molar-refractivity contribution in [1.29, 1.82) is 0 Å². The molecule has 0 radical (unpaired) electrons. The third-order valence-electron chi connectivity index (χ3n) is 10.2. The minimum atomic E-state index is 0.185. The average Bonchev–Trinajstić information content (AvgIpc) is 3.13. The van der Waals surface area contributed by atoms with Crippen LogP contribution in [0.2, 0.25) is 0 Å². The highest BCUT2D eigenvalue weighted by molar-refractivity contribution is 5.52. The Kier molecular flexibility index (Phi) is 14.8. The Balaban J connectivity index is 1.80. The second-order valence-electron chi connectivity index (χ2n) is 14.3. The highest BCUT2D eigenvalue weighted by Crippen LogP contribution is 2.42. The van der Waals surface area contributed by atoms with E-state index in [-0.39, 0.29) is 11.8 Å². The van der Waals surface area contributed by atoms with Gasteiger partial charge in [-0.2, -0.15) is 0 Å². The fourth-order valence-electron chi connectivity index (χ4n) is 7.45. The van der Waals surface area contributed by atoms with E-state index in [0.29, 0.717) is 26.4 Å². The molecule has 0 atom stereocenters. The van der Waals surface area contributed by atoms with Crippen molar-refractivity contribution in [3.05, 3.63) is 166 Å². The van der Waals surface area contributed by atoms with E-state index >= 15 is 0 Å². The molecule has 0 aliphatic rings. The summed E-state index contributed by atoms with van der Waals surface area (Å²) in [6.07, 6.45) is 10.1. The molecule has 0 aliphatic carbocycles. The Bertz CT molecular complexity index is 1660. The molecule has 0 amide bonds. The summed E-state index contributed by atoms with van der Waals surface area (Å²) in [7, 11) is 0. The van der Waals surface area contributed by atoms with Crippen LogP contribution in [-0.2, 0) is 0 Å². The Hall–Kier alpha value is -4.96. The zero-order valence-electron chi connectivity index (χ0n) is 33.5. The summed E-state index contributed by atoms with van der Waals surface area (Å²) >= 11 is 0. The lowest BCUT2D eigenvalue weighted by Crippen LogP contribution is -2.11. The Labute approximate surface area is 319 Å². The van der Waals surface area contributed by atoms with Gasteiger partial charge in [-0.3, -0.25) is 0 Å². The van der Waals surface area contributed by atoms with E-state index in [1.54, 1.807) is 24.3 Å². The van der Waals surface area contributed by atoms with Crippen molar-refractivity contribution in [2.45, 2.75) is 86.5 Å². The van der Waals surface area contributed by atoms with Crippen molar-refractivity contribution in [2.24, 2.45) is 0 Å². The molecule has 4 nitrogen and oxygen atoms in total. The van der Waals surface area contributed by atoms with Crippen LogP contribution >= 0.6 is 0 Å². The van der Waals surface area contributed by atoms with Gasteiger partial charge in [-0.25, -0.2) is 0 Å². The van der Waals surface area contributed by atoms with Crippen LogP contribution in [0.3, 0.4) is 0 Å². The summed E-state index contributed by atoms with van der Waals surface area (Å²) in [4.78, 5) is 0. The Morgan fingerprint density at radius 1 is 0.377 bits per heavy atom. The molecule has 0 spiro atoms. The van der Waals surface area contributed by atoms with Crippen LogP contribution in [0.25, 0.3) is 0 Å². The van der Waals surface area contributed by atoms with Gasteiger partial charge in [0.2, 0.25) is 0 Å². The number of hydrogen-bond acceptors (Lipinski definition) is 4. The van der Waals surface area contributed by atoms with Gasteiger partial charge in [0.1, 0.15) is 49.4 Å². The van der Waals surface area contributed by atoms with Crippen molar-refractivity contribution >= 4 is 0 Å². The van der Waals surface area contributed by atoms with Crippen molar-refractivity contribution in [1.82, 2.24) is 0 Å². The maximum Gasteiger partial charge on any atom is 0.122 e. The lowest BCUT2D eigenvalue weighted by atomic mass is 9.78. The molecule has 0 saturated carbocycles. The molecule has 0 aromatic heterocycles. The van der Waals surface area contributed by atoms with E-state index in [9.17, 15) is 0 Å². The third-order valence-corrected chi connectivity index (χ3v) is 10.2. The van der Waals surface area contributed by atoms with Crippen molar-refractivity contribution in [3.63, 3.8) is 0 Å². The van der Waals surface area contributed by atoms with E-state index < -0.39 is 0 Å². The summed E-state index contributed by atoms with van der Waals surface area (Å²) in [6, 6.07) is 18.1. The van der Waals surface area contributed by atoms with Crippen LogP contribution in [-0.4, -0.2) is 26.4 Å². The normalized spacial score (nSPS) is 11.1. The summed E-state index contributed by atoms with van der Waals surface area (Å²) in [5, 5.41) is 0. The van der Waals surface area contributed by atoms with Crippen LogP contribution in [0.15, 0.2) is 99.2 Å². The van der Waals surface area contributed by atoms with Crippen LogP contribution in [0.1, 0.15) is 97.9 Å². The van der Waals surface area contributed by atoms with Crippen molar-refractivity contribution < 1.29 is 18.9 Å². The predicted molar refractivity (Wildman–Crippen MR) is 224 cm³/mol. The van der Waals surface area contributed by atoms with Gasteiger partial charge in [-0.1, -0.05) is 81.3 Å². The van der Waals surface area contributed by atoms with E-state index in [4.69, 9.17) is 18.9 Å².